The van der Waals surface area contributed by atoms with Gasteiger partial charge in [0.1, 0.15) is 11.9 Å². The Labute approximate surface area is 93.3 Å². The highest BCUT2D eigenvalue weighted by Crippen LogP contribution is 2.22. The topological polar surface area (TPSA) is 60.2 Å². The number of pyridine rings is 1. The molecule has 1 N–H and O–H groups in total. The number of hydrogen-bond donors (Lipinski definition) is 1. The van der Waals surface area contributed by atoms with Crippen molar-refractivity contribution in [3.05, 3.63) is 42.0 Å². The number of aromatic nitrogens is 3. The Morgan fingerprint density at radius 1 is 1.44 bits per heavy atom. The molecule has 0 saturated heterocycles. The molecule has 5 nitrogen and oxygen atoms in total. The molecule has 16 heavy (non-hydrogen) atoms. The van der Waals surface area contributed by atoms with Crippen molar-refractivity contribution in [1.82, 2.24) is 14.8 Å². The van der Waals surface area contributed by atoms with E-state index in [9.17, 15) is 5.11 Å². The summed E-state index contributed by atoms with van der Waals surface area (Å²) in [6.45, 7) is 0. The zero-order chi connectivity index (χ0) is 11.5. The first-order valence-electron chi connectivity index (χ1n) is 4.87. The second-order valence-electron chi connectivity index (χ2n) is 3.47. The number of nitrogens with zero attached hydrogens (tertiary/aromatic N) is 3. The molecular weight excluding hydrogens is 206 g/mol. The van der Waals surface area contributed by atoms with Crippen LogP contribution in [0.15, 0.2) is 30.7 Å². The van der Waals surface area contributed by atoms with Gasteiger partial charge in [-0.3, -0.25) is 9.67 Å². The highest BCUT2D eigenvalue weighted by Gasteiger charge is 2.14. The molecule has 0 spiro atoms. The zero-order valence-electron chi connectivity index (χ0n) is 9.16. The fourth-order valence-electron chi connectivity index (χ4n) is 1.45. The maximum atomic E-state index is 10.1. The first-order valence-corrected chi connectivity index (χ1v) is 4.87. The van der Waals surface area contributed by atoms with Crippen molar-refractivity contribution in [1.29, 1.82) is 0 Å². The number of rotatable bonds is 3. The predicted octanol–water partition coefficient (Wildman–Crippen LogP) is 0.905. The number of aliphatic hydroxyl groups is 1. The first kappa shape index (κ1) is 10.6. The summed E-state index contributed by atoms with van der Waals surface area (Å²) < 4.78 is 6.69. The smallest absolute Gasteiger partial charge is 0.137 e. The molecule has 0 aliphatic carbocycles. The molecule has 2 rings (SSSR count). The van der Waals surface area contributed by atoms with E-state index in [4.69, 9.17) is 4.74 Å². The second kappa shape index (κ2) is 4.32. The average molecular weight is 219 g/mol. The minimum Gasteiger partial charge on any atom is -0.495 e. The molecule has 0 aliphatic heterocycles. The summed E-state index contributed by atoms with van der Waals surface area (Å²) in [7, 11) is 3.37. The van der Waals surface area contributed by atoms with E-state index in [0.717, 1.165) is 0 Å². The van der Waals surface area contributed by atoms with Crippen molar-refractivity contribution >= 4 is 0 Å². The van der Waals surface area contributed by atoms with Crippen LogP contribution in [0.4, 0.5) is 0 Å². The van der Waals surface area contributed by atoms with Crippen molar-refractivity contribution in [3.63, 3.8) is 0 Å². The third kappa shape index (κ3) is 2.04. The van der Waals surface area contributed by atoms with E-state index in [1.165, 1.54) is 0 Å². The minimum absolute atomic E-state index is 0.595. The summed E-state index contributed by atoms with van der Waals surface area (Å²) in [5, 5.41) is 14.2. The van der Waals surface area contributed by atoms with Crippen molar-refractivity contribution in [3.8, 4) is 5.75 Å². The summed E-state index contributed by atoms with van der Waals surface area (Å²) >= 11 is 0. The number of aliphatic hydroxyl groups excluding tert-OH is 1. The maximum absolute atomic E-state index is 10.1. The SMILES string of the molecule is COc1cncc(C(O)c2ccn(C)n2)c1. The molecule has 0 bridgehead atoms. The lowest BCUT2D eigenvalue weighted by molar-refractivity contribution is 0.213. The van der Waals surface area contributed by atoms with Crippen LogP contribution in [0.1, 0.15) is 17.4 Å². The largest absolute Gasteiger partial charge is 0.495 e. The van der Waals surface area contributed by atoms with E-state index in [1.807, 2.05) is 0 Å². The first-order chi connectivity index (χ1) is 7.70. The second-order valence-corrected chi connectivity index (χ2v) is 3.47. The van der Waals surface area contributed by atoms with Crippen LogP contribution in [0, 0.1) is 0 Å². The number of aryl methyl sites for hydroxylation is 1. The number of methoxy groups -OCH3 is 1. The van der Waals surface area contributed by atoms with E-state index in [1.54, 1.807) is 49.6 Å². The third-order valence-electron chi connectivity index (χ3n) is 2.30. The Kier molecular flexibility index (Phi) is 2.87. The summed E-state index contributed by atoms with van der Waals surface area (Å²) in [5.41, 5.74) is 1.26. The summed E-state index contributed by atoms with van der Waals surface area (Å²) in [5.74, 6) is 0.618. The molecule has 0 saturated carbocycles. The van der Waals surface area contributed by atoms with Gasteiger partial charge in [0.2, 0.25) is 0 Å². The molecule has 0 amide bonds. The van der Waals surface area contributed by atoms with E-state index >= 15 is 0 Å². The molecule has 0 fully saturated rings. The highest BCUT2D eigenvalue weighted by atomic mass is 16.5. The van der Waals surface area contributed by atoms with Crippen LogP contribution >= 0.6 is 0 Å². The van der Waals surface area contributed by atoms with Gasteiger partial charge in [0.15, 0.2) is 0 Å². The molecule has 0 radical (unpaired) electrons. The molecule has 1 atom stereocenters. The summed E-state index contributed by atoms with van der Waals surface area (Å²) in [4.78, 5) is 3.99. The monoisotopic (exact) mass is 219 g/mol. The van der Waals surface area contributed by atoms with Gasteiger partial charge in [-0.05, 0) is 12.1 Å². The lowest BCUT2D eigenvalue weighted by atomic mass is 10.1. The molecule has 5 heteroatoms. The molecule has 2 aromatic heterocycles. The molecule has 84 valence electrons. The van der Waals surface area contributed by atoms with E-state index < -0.39 is 6.10 Å². The fourth-order valence-corrected chi connectivity index (χ4v) is 1.45. The Bertz CT molecular complexity index is 482. The maximum Gasteiger partial charge on any atom is 0.137 e. The normalized spacial score (nSPS) is 12.4. The highest BCUT2D eigenvalue weighted by molar-refractivity contribution is 5.29. The van der Waals surface area contributed by atoms with Crippen LogP contribution in [0.5, 0.6) is 5.75 Å². The van der Waals surface area contributed by atoms with E-state index in [-0.39, 0.29) is 0 Å². The van der Waals surface area contributed by atoms with Crippen LogP contribution in [-0.4, -0.2) is 27.0 Å². The van der Waals surface area contributed by atoms with Gasteiger partial charge in [-0.1, -0.05) is 0 Å². The third-order valence-corrected chi connectivity index (χ3v) is 2.30. The number of hydrogen-bond acceptors (Lipinski definition) is 4. The van der Waals surface area contributed by atoms with E-state index in [0.29, 0.717) is 17.0 Å². The fraction of sp³-hybridized carbons (Fsp3) is 0.273. The van der Waals surface area contributed by atoms with Crippen molar-refractivity contribution < 1.29 is 9.84 Å². The zero-order valence-corrected chi connectivity index (χ0v) is 9.16. The molecule has 0 aliphatic rings. The summed E-state index contributed by atoms with van der Waals surface area (Å²) in [6, 6.07) is 3.51. The van der Waals surface area contributed by atoms with Gasteiger partial charge in [0, 0.05) is 25.0 Å². The summed E-state index contributed by atoms with van der Waals surface area (Å²) in [6.07, 6.45) is 4.20. The minimum atomic E-state index is -0.774. The van der Waals surface area contributed by atoms with Gasteiger partial charge in [0.25, 0.3) is 0 Å². The Morgan fingerprint density at radius 3 is 2.88 bits per heavy atom. The van der Waals surface area contributed by atoms with Crippen LogP contribution in [0.25, 0.3) is 0 Å². The molecule has 2 aromatic rings. The van der Waals surface area contributed by atoms with Gasteiger partial charge in [-0.25, -0.2) is 0 Å². The Morgan fingerprint density at radius 2 is 2.25 bits per heavy atom. The standard InChI is InChI=1S/C11H13N3O2/c1-14-4-3-10(13-14)11(15)8-5-9(16-2)7-12-6-8/h3-7,11,15H,1-2H3. The van der Waals surface area contributed by atoms with Gasteiger partial charge in [0.05, 0.1) is 19.0 Å². The van der Waals surface area contributed by atoms with Gasteiger partial charge < -0.3 is 9.84 Å². The van der Waals surface area contributed by atoms with Crippen LogP contribution in [0.3, 0.4) is 0 Å². The van der Waals surface area contributed by atoms with Crippen LogP contribution in [-0.2, 0) is 7.05 Å². The molecule has 2 heterocycles. The van der Waals surface area contributed by atoms with Crippen molar-refractivity contribution in [2.24, 2.45) is 7.05 Å². The lowest BCUT2D eigenvalue weighted by Gasteiger charge is -2.08. The van der Waals surface area contributed by atoms with Crippen molar-refractivity contribution in [2.75, 3.05) is 7.11 Å². The predicted molar refractivity (Wildman–Crippen MR) is 58.1 cm³/mol. The van der Waals surface area contributed by atoms with Crippen LogP contribution < -0.4 is 4.74 Å². The van der Waals surface area contributed by atoms with Gasteiger partial charge in [-0.2, -0.15) is 5.10 Å². The van der Waals surface area contributed by atoms with Crippen molar-refractivity contribution in [2.45, 2.75) is 6.10 Å². The van der Waals surface area contributed by atoms with Crippen LogP contribution in [0.2, 0.25) is 0 Å². The molecule has 1 unspecified atom stereocenters. The lowest BCUT2D eigenvalue weighted by Crippen LogP contribution is -2.02. The Balaban J connectivity index is 2.29. The Hall–Kier alpha value is -1.88. The average Bonchev–Trinajstić information content (AvgIpc) is 2.75. The number of ether oxygens (including phenoxy) is 1. The van der Waals surface area contributed by atoms with Gasteiger partial charge >= 0.3 is 0 Å². The van der Waals surface area contributed by atoms with Gasteiger partial charge in [-0.15, -0.1) is 0 Å². The van der Waals surface area contributed by atoms with E-state index in [2.05, 4.69) is 10.1 Å². The molecule has 0 aromatic carbocycles. The molecular formula is C11H13N3O2. The quantitative estimate of drug-likeness (QED) is 0.833.